The second-order valence-electron chi connectivity index (χ2n) is 9.48. The summed E-state index contributed by atoms with van der Waals surface area (Å²) in [5.41, 5.74) is -3.77. The first-order chi connectivity index (χ1) is 16.2. The number of amides is 2. The number of carbonyl (C=O) groups excluding carboxylic acids is 1. The number of halogens is 3. The van der Waals surface area contributed by atoms with Crippen LogP contribution in [0, 0.1) is 5.41 Å². The number of aromatic amines is 1. The number of anilines is 1. The lowest BCUT2D eigenvalue weighted by Gasteiger charge is -2.51. The second-order valence-corrected chi connectivity index (χ2v) is 9.48. The molecule has 14 heteroatoms. The van der Waals surface area contributed by atoms with Crippen LogP contribution >= 0.6 is 0 Å². The highest BCUT2D eigenvalue weighted by Gasteiger charge is 2.46. The Balaban J connectivity index is 1.94. The van der Waals surface area contributed by atoms with Crippen LogP contribution in [0.15, 0.2) is 11.0 Å². The van der Waals surface area contributed by atoms with Crippen LogP contribution < -0.4 is 10.9 Å². The van der Waals surface area contributed by atoms with Crippen LogP contribution in [0.2, 0.25) is 0 Å². The summed E-state index contributed by atoms with van der Waals surface area (Å²) in [5.74, 6) is -0.331. The third-order valence-electron chi connectivity index (χ3n) is 5.69. The molecule has 0 saturated carbocycles. The van der Waals surface area contributed by atoms with Gasteiger partial charge in [-0.1, -0.05) is 20.8 Å². The summed E-state index contributed by atoms with van der Waals surface area (Å²) in [4.78, 5) is 38.7. The molecule has 1 aromatic heterocycles. The van der Waals surface area contributed by atoms with E-state index < -0.39 is 59.2 Å². The zero-order chi connectivity index (χ0) is 26.6. The highest BCUT2D eigenvalue weighted by Crippen LogP contribution is 2.33. The topological polar surface area (TPSA) is 148 Å². The van der Waals surface area contributed by atoms with Crippen LogP contribution in [0.1, 0.15) is 39.7 Å². The largest absolute Gasteiger partial charge is 0.465 e. The number of alkyl halides is 3. The molecule has 2 heterocycles. The number of aliphatic hydroxyl groups excluding tert-OH is 1. The average molecular weight is 508 g/mol. The van der Waals surface area contributed by atoms with Crippen LogP contribution in [0.3, 0.4) is 0 Å². The molecule has 4 N–H and O–H groups in total. The Morgan fingerprint density at radius 1 is 1.29 bits per heavy atom. The third-order valence-corrected chi connectivity index (χ3v) is 5.69. The highest BCUT2D eigenvalue weighted by atomic mass is 19.4. The van der Waals surface area contributed by atoms with Gasteiger partial charge in [0.25, 0.3) is 5.56 Å². The Morgan fingerprint density at radius 2 is 1.91 bits per heavy atom. The zero-order valence-electron chi connectivity index (χ0n) is 20.1. The predicted octanol–water partition coefficient (Wildman–Crippen LogP) is 1.59. The molecule has 1 aliphatic heterocycles. The number of H-pyrrole nitrogens is 1. The zero-order valence-corrected chi connectivity index (χ0v) is 20.1. The van der Waals surface area contributed by atoms with E-state index in [2.05, 4.69) is 10.4 Å². The molecular weight excluding hydrogens is 475 g/mol. The van der Waals surface area contributed by atoms with Crippen molar-refractivity contribution in [2.24, 2.45) is 5.41 Å². The Bertz CT molecular complexity index is 949. The fourth-order valence-electron chi connectivity index (χ4n) is 4.33. The normalized spacial score (nSPS) is 20.0. The van der Waals surface area contributed by atoms with E-state index in [1.807, 2.05) is 20.8 Å². The summed E-state index contributed by atoms with van der Waals surface area (Å²) < 4.78 is 44.9. The first-order valence-corrected chi connectivity index (χ1v) is 11.1. The molecule has 35 heavy (non-hydrogen) atoms. The molecule has 1 fully saturated rings. The maximum absolute atomic E-state index is 13.1. The molecule has 0 bridgehead atoms. The average Bonchev–Trinajstić information content (AvgIpc) is 2.73. The van der Waals surface area contributed by atoms with Crippen molar-refractivity contribution in [2.75, 3.05) is 38.2 Å². The lowest BCUT2D eigenvalue weighted by Crippen LogP contribution is -2.67. The molecule has 0 radical (unpaired) electrons. The molecular formula is C21H32F3N5O6. The number of aromatic nitrogens is 2. The first kappa shape index (κ1) is 28.4. The minimum atomic E-state index is -4.87. The van der Waals surface area contributed by atoms with E-state index in [-0.39, 0.29) is 38.6 Å². The molecule has 0 aromatic carbocycles. The SMILES string of the molecule is CC(COCCC(=O)N1CCN(C(=O)O)C(C(C)(C)C)C1CO)Nc1cn[nH]c(=O)c1C(F)(F)F. The van der Waals surface area contributed by atoms with E-state index in [1.165, 1.54) is 9.80 Å². The molecule has 1 aliphatic rings. The van der Waals surface area contributed by atoms with E-state index in [9.17, 15) is 37.8 Å². The lowest BCUT2D eigenvalue weighted by molar-refractivity contribution is -0.143. The fraction of sp³-hybridized carbons (Fsp3) is 0.714. The van der Waals surface area contributed by atoms with E-state index in [0.29, 0.717) is 0 Å². The molecule has 2 rings (SSSR count). The summed E-state index contributed by atoms with van der Waals surface area (Å²) in [6, 6.07) is -1.97. The summed E-state index contributed by atoms with van der Waals surface area (Å²) in [7, 11) is 0. The number of nitrogens with one attached hydrogen (secondary N) is 2. The van der Waals surface area contributed by atoms with Crippen molar-refractivity contribution in [1.29, 1.82) is 0 Å². The predicted molar refractivity (Wildman–Crippen MR) is 119 cm³/mol. The van der Waals surface area contributed by atoms with Crippen molar-refractivity contribution in [3.8, 4) is 0 Å². The summed E-state index contributed by atoms with van der Waals surface area (Å²) in [6.45, 7) is 6.77. The maximum Gasteiger partial charge on any atom is 0.423 e. The van der Waals surface area contributed by atoms with Crippen LogP contribution in [0.5, 0.6) is 0 Å². The monoisotopic (exact) mass is 507 g/mol. The number of rotatable bonds is 8. The van der Waals surface area contributed by atoms with Crippen molar-refractivity contribution in [2.45, 2.75) is 58.4 Å². The van der Waals surface area contributed by atoms with Gasteiger partial charge in [-0.05, 0) is 12.3 Å². The number of nitrogens with zero attached hydrogens (tertiary/aromatic N) is 3. The van der Waals surface area contributed by atoms with Gasteiger partial charge in [-0.3, -0.25) is 9.59 Å². The fourth-order valence-corrected chi connectivity index (χ4v) is 4.33. The van der Waals surface area contributed by atoms with Crippen LogP contribution in [0.4, 0.5) is 23.7 Å². The maximum atomic E-state index is 13.1. The van der Waals surface area contributed by atoms with E-state index in [1.54, 1.807) is 12.0 Å². The quantitative estimate of drug-likeness (QED) is 0.388. The Kier molecular flexibility index (Phi) is 9.11. The van der Waals surface area contributed by atoms with Crippen LogP contribution in [-0.2, 0) is 15.7 Å². The van der Waals surface area contributed by atoms with E-state index in [4.69, 9.17) is 4.74 Å². The van der Waals surface area contributed by atoms with Gasteiger partial charge in [0.05, 0.1) is 50.2 Å². The number of aliphatic hydroxyl groups is 1. The van der Waals surface area contributed by atoms with Gasteiger partial charge in [-0.2, -0.15) is 18.3 Å². The second kappa shape index (κ2) is 11.2. The van der Waals surface area contributed by atoms with E-state index >= 15 is 0 Å². The number of carbonyl (C=O) groups is 2. The number of carboxylic acid groups (broad SMARTS) is 1. The van der Waals surface area contributed by atoms with Crippen molar-refractivity contribution >= 4 is 17.7 Å². The Morgan fingerprint density at radius 3 is 2.46 bits per heavy atom. The molecule has 0 aliphatic carbocycles. The minimum absolute atomic E-state index is 0.0396. The molecule has 1 saturated heterocycles. The van der Waals surface area contributed by atoms with Gasteiger partial charge in [0.2, 0.25) is 5.91 Å². The molecule has 3 atom stereocenters. The van der Waals surface area contributed by atoms with Gasteiger partial charge >= 0.3 is 12.3 Å². The highest BCUT2D eigenvalue weighted by molar-refractivity contribution is 5.77. The van der Waals surface area contributed by atoms with Gasteiger partial charge < -0.3 is 30.1 Å². The van der Waals surface area contributed by atoms with Gasteiger partial charge in [-0.25, -0.2) is 9.89 Å². The number of piperazine rings is 1. The summed E-state index contributed by atoms with van der Waals surface area (Å²) in [5, 5.41) is 27.2. The lowest BCUT2D eigenvalue weighted by atomic mass is 9.79. The molecule has 2 amide bonds. The molecule has 1 aromatic rings. The molecule has 11 nitrogen and oxygen atoms in total. The van der Waals surface area contributed by atoms with Crippen molar-refractivity contribution in [1.82, 2.24) is 20.0 Å². The minimum Gasteiger partial charge on any atom is -0.465 e. The van der Waals surface area contributed by atoms with Crippen LogP contribution in [-0.4, -0.2) is 93.2 Å². The van der Waals surface area contributed by atoms with Crippen molar-refractivity contribution < 1.29 is 37.7 Å². The van der Waals surface area contributed by atoms with Gasteiger partial charge in [0.15, 0.2) is 0 Å². The number of hydrogen-bond acceptors (Lipinski definition) is 7. The number of hydrogen-bond donors (Lipinski definition) is 4. The van der Waals surface area contributed by atoms with Gasteiger partial charge in [-0.15, -0.1) is 0 Å². The number of ether oxygens (including phenoxy) is 1. The van der Waals surface area contributed by atoms with Crippen molar-refractivity contribution in [3.63, 3.8) is 0 Å². The Hall–Kier alpha value is -2.87. The molecule has 0 spiro atoms. The molecule has 3 unspecified atom stereocenters. The van der Waals surface area contributed by atoms with Crippen LogP contribution in [0.25, 0.3) is 0 Å². The van der Waals surface area contributed by atoms with Crippen molar-refractivity contribution in [3.05, 3.63) is 22.1 Å². The van der Waals surface area contributed by atoms with E-state index in [0.717, 1.165) is 6.20 Å². The molecule has 198 valence electrons. The summed E-state index contributed by atoms with van der Waals surface area (Å²) in [6.07, 6.45) is -5.19. The van der Waals surface area contributed by atoms with Gasteiger partial charge in [0.1, 0.15) is 5.56 Å². The Labute approximate surface area is 200 Å². The standard InChI is InChI=1S/C21H32F3N5O6/c1-12(26-13-9-25-27-18(32)16(13)21(22,23)24)11-35-8-5-15(31)28-6-7-29(19(33)34)17(14(28)10-30)20(2,3)4/h9,12,14,17,30H,5-8,10-11H2,1-4H3,(H,33,34)(H2,26,27,32). The third kappa shape index (κ3) is 7.07. The smallest absolute Gasteiger partial charge is 0.423 e. The summed E-state index contributed by atoms with van der Waals surface area (Å²) >= 11 is 0. The first-order valence-electron chi connectivity index (χ1n) is 11.1. The van der Waals surface area contributed by atoms with Gasteiger partial charge in [0, 0.05) is 19.1 Å².